The third kappa shape index (κ3) is 4.97. The number of ether oxygens (including phenoxy) is 1. The maximum absolute atomic E-state index is 13.2. The first kappa shape index (κ1) is 21.1. The quantitative estimate of drug-likeness (QED) is 0.598. The van der Waals surface area contributed by atoms with Crippen LogP contribution in [-0.4, -0.2) is 48.9 Å². The van der Waals surface area contributed by atoms with Gasteiger partial charge < -0.3 is 9.64 Å². The molecule has 162 valence electrons. The van der Waals surface area contributed by atoms with Gasteiger partial charge in [-0.2, -0.15) is 9.29 Å². The van der Waals surface area contributed by atoms with E-state index < -0.39 is 15.8 Å². The fourth-order valence-electron chi connectivity index (χ4n) is 3.25. The molecule has 1 aliphatic rings. The molecule has 0 spiro atoms. The number of hydrogen-bond acceptors (Lipinski definition) is 6. The maximum atomic E-state index is 13.2. The van der Waals surface area contributed by atoms with Crippen molar-refractivity contribution in [2.75, 3.05) is 31.1 Å². The molecule has 10 heteroatoms. The van der Waals surface area contributed by atoms with Gasteiger partial charge in [-0.05, 0) is 55.0 Å². The summed E-state index contributed by atoms with van der Waals surface area (Å²) in [5, 5.41) is 0. The van der Waals surface area contributed by atoms with E-state index in [1.807, 2.05) is 4.90 Å². The van der Waals surface area contributed by atoms with Gasteiger partial charge in [0.25, 0.3) is 0 Å². The van der Waals surface area contributed by atoms with Crippen LogP contribution in [0.2, 0.25) is 0 Å². The van der Waals surface area contributed by atoms with Crippen LogP contribution in [0.3, 0.4) is 0 Å². The highest BCUT2D eigenvalue weighted by atomic mass is 32.2. The lowest BCUT2D eigenvalue weighted by Gasteiger charge is -2.22. The highest BCUT2D eigenvalue weighted by Gasteiger charge is 2.27. The molecule has 0 radical (unpaired) electrons. The standard InChI is InChI=1S/C21H20F2N4O3S/c22-16-2-6-18(7-3-16)30-20-10-11-24-21(25-20)26-12-1-13-27(15-14-26)31(28,29)19-8-4-17(23)5-9-19/h2-11H,1,12-15H2. The second-order valence-corrected chi connectivity index (χ2v) is 8.89. The second-order valence-electron chi connectivity index (χ2n) is 6.95. The maximum Gasteiger partial charge on any atom is 0.243 e. The minimum Gasteiger partial charge on any atom is -0.439 e. The normalized spacial score (nSPS) is 15.5. The van der Waals surface area contributed by atoms with Gasteiger partial charge in [0.1, 0.15) is 17.4 Å². The van der Waals surface area contributed by atoms with E-state index >= 15 is 0 Å². The number of rotatable bonds is 5. The van der Waals surface area contributed by atoms with E-state index in [4.69, 9.17) is 4.74 Å². The predicted octanol–water partition coefficient (Wildman–Crippen LogP) is 3.45. The summed E-state index contributed by atoms with van der Waals surface area (Å²) in [7, 11) is -3.72. The van der Waals surface area contributed by atoms with Crippen molar-refractivity contribution < 1.29 is 21.9 Å². The van der Waals surface area contributed by atoms with Crippen LogP contribution in [0.1, 0.15) is 6.42 Å². The smallest absolute Gasteiger partial charge is 0.243 e. The third-order valence-electron chi connectivity index (χ3n) is 4.84. The Morgan fingerprint density at radius 1 is 0.839 bits per heavy atom. The molecular formula is C21H20F2N4O3S. The van der Waals surface area contributed by atoms with Crippen molar-refractivity contribution in [2.24, 2.45) is 0 Å². The van der Waals surface area contributed by atoms with Crippen molar-refractivity contribution in [3.63, 3.8) is 0 Å². The van der Waals surface area contributed by atoms with Crippen molar-refractivity contribution >= 4 is 16.0 Å². The molecule has 7 nitrogen and oxygen atoms in total. The Morgan fingerprint density at radius 2 is 1.52 bits per heavy atom. The first-order valence-corrected chi connectivity index (χ1v) is 11.1. The van der Waals surface area contributed by atoms with E-state index in [-0.39, 0.29) is 17.3 Å². The van der Waals surface area contributed by atoms with E-state index in [0.29, 0.717) is 43.6 Å². The zero-order valence-electron chi connectivity index (χ0n) is 16.5. The Balaban J connectivity index is 1.46. The van der Waals surface area contributed by atoms with Gasteiger partial charge in [-0.15, -0.1) is 0 Å². The van der Waals surface area contributed by atoms with Crippen LogP contribution < -0.4 is 9.64 Å². The van der Waals surface area contributed by atoms with E-state index in [0.717, 1.165) is 12.1 Å². The summed E-state index contributed by atoms with van der Waals surface area (Å²) in [5.74, 6) is 0.317. The summed E-state index contributed by atoms with van der Waals surface area (Å²) < 4.78 is 59.0. The van der Waals surface area contributed by atoms with Crippen LogP contribution in [0, 0.1) is 11.6 Å². The SMILES string of the molecule is O=S(=O)(c1ccc(F)cc1)N1CCCN(c2nccc(Oc3ccc(F)cc3)n2)CC1. The number of anilines is 1. The minimum absolute atomic E-state index is 0.0632. The minimum atomic E-state index is -3.72. The van der Waals surface area contributed by atoms with Crippen LogP contribution in [0.25, 0.3) is 0 Å². The Labute approximate surface area is 179 Å². The monoisotopic (exact) mass is 446 g/mol. The molecule has 0 amide bonds. The average Bonchev–Trinajstić information content (AvgIpc) is 3.03. The predicted molar refractivity (Wildman–Crippen MR) is 110 cm³/mol. The molecule has 0 bridgehead atoms. The first-order valence-electron chi connectivity index (χ1n) is 9.69. The number of hydrogen-bond donors (Lipinski definition) is 0. The number of sulfonamides is 1. The lowest BCUT2D eigenvalue weighted by Crippen LogP contribution is -2.35. The highest BCUT2D eigenvalue weighted by Crippen LogP contribution is 2.23. The van der Waals surface area contributed by atoms with Crippen LogP contribution >= 0.6 is 0 Å². The van der Waals surface area contributed by atoms with Crippen molar-refractivity contribution in [3.8, 4) is 11.6 Å². The zero-order valence-corrected chi connectivity index (χ0v) is 17.3. The molecule has 31 heavy (non-hydrogen) atoms. The fourth-order valence-corrected chi connectivity index (χ4v) is 4.72. The van der Waals surface area contributed by atoms with Crippen molar-refractivity contribution in [2.45, 2.75) is 11.3 Å². The van der Waals surface area contributed by atoms with Gasteiger partial charge in [0.15, 0.2) is 0 Å². The first-order chi connectivity index (χ1) is 14.9. The number of nitrogens with zero attached hydrogens (tertiary/aromatic N) is 4. The number of benzene rings is 2. The molecule has 0 atom stereocenters. The van der Waals surface area contributed by atoms with Gasteiger partial charge in [0, 0.05) is 38.4 Å². The largest absolute Gasteiger partial charge is 0.439 e. The van der Waals surface area contributed by atoms with Crippen LogP contribution in [0.5, 0.6) is 11.6 Å². The molecule has 0 saturated carbocycles. The van der Waals surface area contributed by atoms with Gasteiger partial charge in [0.05, 0.1) is 4.90 Å². The lowest BCUT2D eigenvalue weighted by atomic mass is 10.3. The van der Waals surface area contributed by atoms with Gasteiger partial charge >= 0.3 is 0 Å². The van der Waals surface area contributed by atoms with Crippen LogP contribution in [0.15, 0.2) is 65.7 Å². The number of halogens is 2. The Kier molecular flexibility index (Phi) is 6.10. The van der Waals surface area contributed by atoms with Gasteiger partial charge in [-0.1, -0.05) is 0 Å². The van der Waals surface area contributed by atoms with Crippen LogP contribution in [0.4, 0.5) is 14.7 Å². The molecule has 0 aliphatic carbocycles. The summed E-state index contributed by atoms with van der Waals surface area (Å²) in [4.78, 5) is 10.6. The van der Waals surface area contributed by atoms with Gasteiger partial charge in [0.2, 0.25) is 21.9 Å². The highest BCUT2D eigenvalue weighted by molar-refractivity contribution is 7.89. The van der Waals surface area contributed by atoms with Crippen LogP contribution in [-0.2, 0) is 10.0 Å². The Bertz CT molecular complexity index is 1140. The average molecular weight is 446 g/mol. The fraction of sp³-hybridized carbons (Fsp3) is 0.238. The summed E-state index contributed by atoms with van der Waals surface area (Å²) in [6.45, 7) is 1.53. The molecule has 0 N–H and O–H groups in total. The van der Waals surface area contributed by atoms with E-state index in [1.54, 1.807) is 12.3 Å². The second kappa shape index (κ2) is 8.94. The van der Waals surface area contributed by atoms with Gasteiger partial charge in [-0.3, -0.25) is 0 Å². The zero-order chi connectivity index (χ0) is 21.8. The van der Waals surface area contributed by atoms with Crippen molar-refractivity contribution in [3.05, 3.63) is 72.4 Å². The molecule has 4 rings (SSSR count). The molecule has 3 aromatic rings. The summed E-state index contributed by atoms with van der Waals surface area (Å²) >= 11 is 0. The summed E-state index contributed by atoms with van der Waals surface area (Å²) in [5.41, 5.74) is 0. The summed E-state index contributed by atoms with van der Waals surface area (Å²) in [6, 6.07) is 12.0. The number of aromatic nitrogens is 2. The topological polar surface area (TPSA) is 75.6 Å². The van der Waals surface area contributed by atoms with E-state index in [1.165, 1.54) is 40.7 Å². The molecular weight excluding hydrogens is 426 g/mol. The lowest BCUT2D eigenvalue weighted by molar-refractivity contribution is 0.432. The molecule has 1 fully saturated rings. The van der Waals surface area contributed by atoms with Crippen molar-refractivity contribution in [1.29, 1.82) is 0 Å². The molecule has 2 aromatic carbocycles. The van der Waals surface area contributed by atoms with E-state index in [9.17, 15) is 17.2 Å². The molecule has 1 aliphatic heterocycles. The summed E-state index contributed by atoms with van der Waals surface area (Å²) in [6.07, 6.45) is 2.13. The Morgan fingerprint density at radius 3 is 2.23 bits per heavy atom. The third-order valence-corrected chi connectivity index (χ3v) is 6.76. The Hall–Kier alpha value is -3.11. The van der Waals surface area contributed by atoms with Crippen molar-refractivity contribution in [1.82, 2.24) is 14.3 Å². The van der Waals surface area contributed by atoms with E-state index in [2.05, 4.69) is 9.97 Å². The molecule has 1 aromatic heterocycles. The van der Waals surface area contributed by atoms with Gasteiger partial charge in [-0.25, -0.2) is 22.2 Å². The molecule has 2 heterocycles. The molecule has 0 unspecified atom stereocenters. The molecule has 1 saturated heterocycles.